The molecule has 0 aromatic heterocycles. The maximum Gasteiger partial charge on any atom is 0.123 e. The summed E-state index contributed by atoms with van der Waals surface area (Å²) in [5.41, 5.74) is 1.33. The number of hydrogen-bond donors (Lipinski definition) is 1. The van der Waals surface area contributed by atoms with Gasteiger partial charge in [-0.3, -0.25) is 0 Å². The van der Waals surface area contributed by atoms with Gasteiger partial charge in [0.05, 0.1) is 0 Å². The largest absolute Gasteiger partial charge is 0.488 e. The van der Waals surface area contributed by atoms with Crippen LogP contribution in [0.2, 0.25) is 0 Å². The van der Waals surface area contributed by atoms with Gasteiger partial charge in [0.15, 0.2) is 0 Å². The van der Waals surface area contributed by atoms with E-state index in [9.17, 15) is 0 Å². The third-order valence-electron chi connectivity index (χ3n) is 4.33. The van der Waals surface area contributed by atoms with Gasteiger partial charge < -0.3 is 10.1 Å². The van der Waals surface area contributed by atoms with Crippen LogP contribution < -0.4 is 10.1 Å². The molecule has 1 aromatic rings. The summed E-state index contributed by atoms with van der Waals surface area (Å²) in [6.07, 6.45) is 6.77. The maximum atomic E-state index is 6.00. The van der Waals surface area contributed by atoms with E-state index in [1.165, 1.54) is 31.2 Å². The molecule has 1 saturated carbocycles. The highest BCUT2D eigenvalue weighted by Crippen LogP contribution is 2.31. The molecule has 104 valence electrons. The molecule has 1 aliphatic heterocycles. The molecular weight excluding hydrogens is 302 g/mol. The molecule has 1 heterocycles. The highest BCUT2D eigenvalue weighted by Gasteiger charge is 2.25. The van der Waals surface area contributed by atoms with Crippen LogP contribution in [-0.4, -0.2) is 18.7 Å². The number of halogens is 1. The predicted octanol–water partition coefficient (Wildman–Crippen LogP) is 3.92. The molecule has 0 saturated heterocycles. The Labute approximate surface area is 124 Å². The molecule has 2 aliphatic rings. The molecule has 1 fully saturated rings. The average Bonchev–Trinajstić information content (AvgIpc) is 2.78. The van der Waals surface area contributed by atoms with Crippen LogP contribution in [0.3, 0.4) is 0 Å². The zero-order chi connectivity index (χ0) is 13.2. The Morgan fingerprint density at radius 1 is 1.37 bits per heavy atom. The van der Waals surface area contributed by atoms with Crippen LogP contribution in [0.4, 0.5) is 0 Å². The Morgan fingerprint density at radius 2 is 2.26 bits per heavy atom. The number of fused-ring (bicyclic) bond motifs is 1. The third-order valence-corrected chi connectivity index (χ3v) is 4.83. The summed E-state index contributed by atoms with van der Waals surface area (Å²) in [6.45, 7) is 3.34. The smallest absolute Gasteiger partial charge is 0.123 e. The minimum atomic E-state index is 0.307. The molecule has 0 spiro atoms. The van der Waals surface area contributed by atoms with Gasteiger partial charge in [0.25, 0.3) is 0 Å². The van der Waals surface area contributed by atoms with Crippen molar-refractivity contribution < 1.29 is 4.74 Å². The second-order valence-corrected chi connectivity index (χ2v) is 6.99. The number of rotatable bonds is 3. The second kappa shape index (κ2) is 5.84. The van der Waals surface area contributed by atoms with Crippen LogP contribution in [0.5, 0.6) is 5.75 Å². The fourth-order valence-corrected chi connectivity index (χ4v) is 3.73. The minimum absolute atomic E-state index is 0.307. The number of ether oxygens (including phenoxy) is 1. The molecule has 1 N–H and O–H groups in total. The molecule has 2 nitrogen and oxygen atoms in total. The quantitative estimate of drug-likeness (QED) is 0.910. The summed E-state index contributed by atoms with van der Waals surface area (Å²) in [4.78, 5) is 0. The van der Waals surface area contributed by atoms with E-state index in [-0.39, 0.29) is 0 Å². The van der Waals surface area contributed by atoms with Crippen molar-refractivity contribution in [3.63, 3.8) is 0 Å². The van der Waals surface area contributed by atoms with Gasteiger partial charge in [-0.25, -0.2) is 0 Å². The SMILES string of the molecule is CC1CCCC(NCC2Cc3cc(Br)ccc3O2)C1. The van der Waals surface area contributed by atoms with E-state index >= 15 is 0 Å². The van der Waals surface area contributed by atoms with Gasteiger partial charge in [0, 0.05) is 23.5 Å². The van der Waals surface area contributed by atoms with Crippen molar-refractivity contribution >= 4 is 15.9 Å². The van der Waals surface area contributed by atoms with Gasteiger partial charge in [-0.15, -0.1) is 0 Å². The lowest BCUT2D eigenvalue weighted by atomic mass is 9.87. The van der Waals surface area contributed by atoms with Gasteiger partial charge >= 0.3 is 0 Å². The van der Waals surface area contributed by atoms with Crippen molar-refractivity contribution in [3.05, 3.63) is 28.2 Å². The summed E-state index contributed by atoms with van der Waals surface area (Å²) < 4.78 is 7.14. The Kier molecular flexibility index (Phi) is 4.13. The van der Waals surface area contributed by atoms with Gasteiger partial charge in [-0.2, -0.15) is 0 Å². The Bertz CT molecular complexity index is 448. The van der Waals surface area contributed by atoms with Crippen LogP contribution >= 0.6 is 15.9 Å². The normalized spacial score (nSPS) is 29.9. The number of benzene rings is 1. The van der Waals surface area contributed by atoms with Crippen LogP contribution in [0.1, 0.15) is 38.2 Å². The van der Waals surface area contributed by atoms with E-state index in [4.69, 9.17) is 4.74 Å². The molecule has 19 heavy (non-hydrogen) atoms. The summed E-state index contributed by atoms with van der Waals surface area (Å²) in [5.74, 6) is 1.94. The highest BCUT2D eigenvalue weighted by atomic mass is 79.9. The van der Waals surface area contributed by atoms with E-state index in [0.717, 1.165) is 29.1 Å². The van der Waals surface area contributed by atoms with E-state index in [1.807, 2.05) is 0 Å². The van der Waals surface area contributed by atoms with Crippen molar-refractivity contribution in [1.82, 2.24) is 5.32 Å². The second-order valence-electron chi connectivity index (χ2n) is 6.07. The molecule has 3 heteroatoms. The molecule has 3 rings (SSSR count). The monoisotopic (exact) mass is 323 g/mol. The molecule has 3 atom stereocenters. The Hall–Kier alpha value is -0.540. The first-order valence-corrected chi connectivity index (χ1v) is 8.18. The lowest BCUT2D eigenvalue weighted by Crippen LogP contribution is -2.39. The zero-order valence-corrected chi connectivity index (χ0v) is 13.1. The summed E-state index contributed by atoms with van der Waals surface area (Å²) in [7, 11) is 0. The zero-order valence-electron chi connectivity index (χ0n) is 11.5. The maximum absolute atomic E-state index is 6.00. The first-order chi connectivity index (χ1) is 9.20. The minimum Gasteiger partial charge on any atom is -0.488 e. The first-order valence-electron chi connectivity index (χ1n) is 7.39. The Morgan fingerprint density at radius 3 is 3.11 bits per heavy atom. The molecule has 0 amide bonds. The van der Waals surface area contributed by atoms with Crippen molar-refractivity contribution in [2.75, 3.05) is 6.54 Å². The average molecular weight is 324 g/mol. The Balaban J connectivity index is 1.50. The fraction of sp³-hybridized carbons (Fsp3) is 0.625. The third kappa shape index (κ3) is 3.32. The topological polar surface area (TPSA) is 21.3 Å². The summed E-state index contributed by atoms with van der Waals surface area (Å²) in [6, 6.07) is 7.00. The van der Waals surface area contributed by atoms with Crippen LogP contribution in [0, 0.1) is 5.92 Å². The molecule has 0 bridgehead atoms. The van der Waals surface area contributed by atoms with Crippen LogP contribution in [-0.2, 0) is 6.42 Å². The highest BCUT2D eigenvalue weighted by molar-refractivity contribution is 9.10. The molecule has 3 unspecified atom stereocenters. The van der Waals surface area contributed by atoms with Gasteiger partial charge in [-0.1, -0.05) is 35.7 Å². The van der Waals surface area contributed by atoms with Crippen molar-refractivity contribution in [1.29, 1.82) is 0 Å². The molecule has 1 aliphatic carbocycles. The first kappa shape index (κ1) is 13.4. The fourth-order valence-electron chi connectivity index (χ4n) is 3.32. The lowest BCUT2D eigenvalue weighted by Gasteiger charge is -2.28. The molecule has 0 radical (unpaired) electrons. The van der Waals surface area contributed by atoms with Crippen LogP contribution in [0.15, 0.2) is 22.7 Å². The summed E-state index contributed by atoms with van der Waals surface area (Å²) in [5, 5.41) is 3.71. The van der Waals surface area contributed by atoms with Gasteiger partial charge in [-0.05, 0) is 42.5 Å². The van der Waals surface area contributed by atoms with Crippen molar-refractivity contribution in [2.24, 2.45) is 5.92 Å². The van der Waals surface area contributed by atoms with Crippen LogP contribution in [0.25, 0.3) is 0 Å². The number of nitrogens with one attached hydrogen (secondary N) is 1. The number of hydrogen-bond acceptors (Lipinski definition) is 2. The van der Waals surface area contributed by atoms with E-state index in [0.29, 0.717) is 12.1 Å². The molecular formula is C16H22BrNO. The van der Waals surface area contributed by atoms with Gasteiger partial charge in [0.2, 0.25) is 0 Å². The van der Waals surface area contributed by atoms with Gasteiger partial charge in [0.1, 0.15) is 11.9 Å². The standard InChI is InChI=1S/C16H22BrNO/c1-11-3-2-4-14(7-11)18-10-15-9-12-8-13(17)5-6-16(12)19-15/h5-6,8,11,14-15,18H,2-4,7,9-10H2,1H3. The van der Waals surface area contributed by atoms with E-state index in [1.54, 1.807) is 0 Å². The van der Waals surface area contributed by atoms with E-state index in [2.05, 4.69) is 46.4 Å². The predicted molar refractivity (Wildman–Crippen MR) is 81.7 cm³/mol. The van der Waals surface area contributed by atoms with E-state index < -0.39 is 0 Å². The molecule has 1 aromatic carbocycles. The van der Waals surface area contributed by atoms with Crippen molar-refractivity contribution in [2.45, 2.75) is 51.2 Å². The van der Waals surface area contributed by atoms with Crippen molar-refractivity contribution in [3.8, 4) is 5.75 Å². The summed E-state index contributed by atoms with van der Waals surface area (Å²) >= 11 is 3.52. The lowest BCUT2D eigenvalue weighted by molar-refractivity contribution is 0.207.